The fourth-order valence-corrected chi connectivity index (χ4v) is 15.9. The van der Waals surface area contributed by atoms with Crippen molar-refractivity contribution in [2.45, 2.75) is 218 Å². The summed E-state index contributed by atoms with van der Waals surface area (Å²) in [5, 5.41) is 74.3. The third kappa shape index (κ3) is 22.4. The van der Waals surface area contributed by atoms with Gasteiger partial charge in [-0.1, -0.05) is 20.8 Å². The Balaban J connectivity index is 0.000000459. The predicted molar refractivity (Wildman–Crippen MR) is 399 cm³/mol. The molecule has 2 aromatic rings. The molecule has 7 aliphatic heterocycles. The number of nitrogens with one attached hydrogen (secondary N) is 2. The number of nitrogens with zero attached hydrogens (tertiary/aromatic N) is 8. The van der Waals surface area contributed by atoms with Crippen LogP contribution in [-0.4, -0.2) is 327 Å². The van der Waals surface area contributed by atoms with E-state index in [9.17, 15) is 68.3 Å². The number of piperazine rings is 2. The number of methoxy groups -OCH3 is 1. The van der Waals surface area contributed by atoms with E-state index in [2.05, 4.69) is 10.6 Å². The lowest BCUT2D eigenvalue weighted by molar-refractivity contribution is -0.318. The number of ether oxygens (including phenoxy) is 9. The van der Waals surface area contributed by atoms with Crippen molar-refractivity contribution in [2.24, 2.45) is 17.8 Å². The van der Waals surface area contributed by atoms with E-state index >= 15 is 4.39 Å². The molecular weight excluding hydrogens is 1460 g/mol. The minimum absolute atomic E-state index is 0.00689. The lowest BCUT2D eigenvalue weighted by atomic mass is 9.78. The van der Waals surface area contributed by atoms with Gasteiger partial charge in [-0.15, -0.1) is 0 Å². The van der Waals surface area contributed by atoms with E-state index in [-0.39, 0.29) is 121 Å². The van der Waals surface area contributed by atoms with E-state index < -0.39 is 169 Å². The zero-order valence-corrected chi connectivity index (χ0v) is 66.6. The fourth-order valence-electron chi connectivity index (χ4n) is 15.9. The van der Waals surface area contributed by atoms with Crippen LogP contribution in [0.2, 0.25) is 0 Å². The van der Waals surface area contributed by atoms with E-state index in [1.807, 2.05) is 42.6 Å². The van der Waals surface area contributed by atoms with Gasteiger partial charge in [-0.25, -0.2) is 18.4 Å². The highest BCUT2D eigenvalue weighted by molar-refractivity contribution is 5.91. The third-order valence-corrected chi connectivity index (χ3v) is 22.5. The van der Waals surface area contributed by atoms with Crippen LogP contribution in [0.4, 0.5) is 41.1 Å². The third-order valence-electron chi connectivity index (χ3n) is 22.5. The Bertz CT molecular complexity index is 3520. The molecule has 7 aliphatic rings. The van der Waals surface area contributed by atoms with Gasteiger partial charge in [-0.2, -0.15) is 0 Å². The number of carbonyl (C=O) groups is 8. The van der Waals surface area contributed by atoms with Gasteiger partial charge in [0.05, 0.1) is 103 Å². The molecule has 111 heavy (non-hydrogen) atoms. The minimum atomic E-state index is -2.00. The Kier molecular flexibility index (Phi) is 31.1. The average molecular weight is 1580 g/mol. The second-order valence-electron chi connectivity index (χ2n) is 31.4. The summed E-state index contributed by atoms with van der Waals surface area (Å²) in [6, 6.07) is 7.92. The van der Waals surface area contributed by atoms with Crippen LogP contribution in [0.3, 0.4) is 0 Å². The Morgan fingerprint density at radius 2 is 1.22 bits per heavy atom. The highest BCUT2D eigenvalue weighted by Crippen LogP contribution is 2.41. The summed E-state index contributed by atoms with van der Waals surface area (Å²) in [5.41, 5.74) is -3.62. The number of aliphatic hydroxyl groups is 6. The molecule has 0 bridgehead atoms. The first-order chi connectivity index (χ1) is 52.2. The summed E-state index contributed by atoms with van der Waals surface area (Å²) >= 11 is 0. The summed E-state index contributed by atoms with van der Waals surface area (Å²) in [4.78, 5) is 113. The molecule has 35 heteroatoms. The van der Waals surface area contributed by atoms with E-state index in [0.29, 0.717) is 49.7 Å². The molecule has 20 atom stereocenters. The molecule has 7 heterocycles. The largest absolute Gasteiger partial charge is 0.459 e. The zero-order valence-electron chi connectivity index (χ0n) is 66.6. The molecule has 624 valence electrons. The van der Waals surface area contributed by atoms with Crippen LogP contribution in [0, 0.1) is 29.4 Å². The number of rotatable bonds is 21. The number of hydrogen-bond donors (Lipinski definition) is 8. The topological polar surface area (TPSA) is 391 Å². The maximum absolute atomic E-state index is 15.6. The Labute approximate surface area is 647 Å². The van der Waals surface area contributed by atoms with Gasteiger partial charge in [0, 0.05) is 111 Å². The highest BCUT2D eigenvalue weighted by Gasteiger charge is 2.53. The van der Waals surface area contributed by atoms with Crippen molar-refractivity contribution in [2.75, 3.05) is 146 Å². The molecule has 0 aliphatic carbocycles. The Morgan fingerprint density at radius 1 is 0.694 bits per heavy atom. The van der Waals surface area contributed by atoms with Gasteiger partial charge in [0.15, 0.2) is 19.2 Å². The molecule has 9 rings (SSSR count). The van der Waals surface area contributed by atoms with Crippen molar-refractivity contribution in [3.63, 3.8) is 0 Å². The molecule has 0 radical (unpaired) electrons. The van der Waals surface area contributed by atoms with Gasteiger partial charge in [-0.05, 0) is 124 Å². The van der Waals surface area contributed by atoms with E-state index in [1.165, 1.54) is 59.6 Å². The first-order valence-electron chi connectivity index (χ1n) is 38.3. The fraction of sp³-hybridized carbons (Fsp3) is 0.737. The van der Waals surface area contributed by atoms with Gasteiger partial charge < -0.3 is 108 Å². The summed E-state index contributed by atoms with van der Waals surface area (Å²) in [7, 11) is 5.14. The maximum Gasteiger partial charge on any atom is 0.414 e. The van der Waals surface area contributed by atoms with E-state index in [4.69, 9.17) is 47.7 Å². The first-order valence-corrected chi connectivity index (χ1v) is 38.3. The highest BCUT2D eigenvalue weighted by atomic mass is 19.1. The van der Waals surface area contributed by atoms with Crippen molar-refractivity contribution in [1.82, 2.24) is 30.2 Å². The summed E-state index contributed by atoms with van der Waals surface area (Å²) in [5.74, 6) is -6.62. The van der Waals surface area contributed by atoms with Crippen LogP contribution in [0.5, 0.6) is 0 Å². The van der Waals surface area contributed by atoms with E-state index in [1.54, 1.807) is 77.6 Å². The van der Waals surface area contributed by atoms with Crippen LogP contribution in [0.15, 0.2) is 36.4 Å². The smallest absolute Gasteiger partial charge is 0.414 e. The second kappa shape index (κ2) is 38.7. The zero-order chi connectivity index (χ0) is 81.9. The standard InChI is InChI=1S/C58H95FN6O18.C18H23FN4O5/c1-15-44-58(11,75)50(70)32(2)29-64(19-18-46(68)77-31-45(67)63-22-20-62(21-23-63)42-17-16-39(25-41(42)59)65-30-40(80-55(65)73)28-60-38(8)66)33(3)26-56(9,74)52(83-54-48(69)43(61(12)13)24-34(4)78-54)35(5)49(36(6)53(72)81-44)82-47-27-57(10,76-14)51(71)37(7)79-47;1-12(25)20-9-14-10-23(18(27)28-14)13-2-3-16(15(19)8-13)21-4-6-22(7-5-21)17(26)11-24/h16-17,25,32-37,40,43-44,47-52,54,69-71,74-75H,15,18-24,26-31H2,1-14H3,(H,60,66);2-3,8,14,24H,4-7,9-11H2,1H3,(H,20,25)/t32-,33+,34+,35-,36+,37-,40-,43-,44+,47-,48+,49-,50+,51-,52+,54-,56+,57+,58+;14-/m00/s1. The van der Waals surface area contributed by atoms with Crippen LogP contribution < -0.4 is 30.2 Å². The lowest BCUT2D eigenvalue weighted by Gasteiger charge is -2.49. The lowest BCUT2D eigenvalue weighted by Crippen LogP contribution is -2.61. The normalized spacial score (nSPS) is 33.5. The molecular formula is C76H118F2N10O23. The van der Waals surface area contributed by atoms with Crippen LogP contribution in [0.25, 0.3) is 0 Å². The molecule has 33 nitrogen and oxygen atoms in total. The van der Waals surface area contributed by atoms with Crippen molar-refractivity contribution in [3.8, 4) is 0 Å². The van der Waals surface area contributed by atoms with Crippen molar-refractivity contribution < 1.29 is 120 Å². The molecule has 6 amide bonds. The molecule has 0 unspecified atom stereocenters. The number of likely N-dealkylation sites (N-methyl/N-ethyl adjacent to an activating group) is 1. The molecule has 8 N–H and O–H groups in total. The van der Waals surface area contributed by atoms with Gasteiger partial charge in [0.2, 0.25) is 17.7 Å². The van der Waals surface area contributed by atoms with Crippen molar-refractivity contribution >= 4 is 70.5 Å². The number of cyclic esters (lactones) is 3. The number of benzene rings is 2. The van der Waals surface area contributed by atoms with Crippen molar-refractivity contribution in [1.29, 1.82) is 0 Å². The molecule has 7 fully saturated rings. The Morgan fingerprint density at radius 3 is 1.69 bits per heavy atom. The summed E-state index contributed by atoms with van der Waals surface area (Å²) in [6.45, 7) is 21.9. The Hall–Kier alpha value is -7.26. The number of esters is 2. The predicted octanol–water partition coefficient (Wildman–Crippen LogP) is 2.08. The number of anilines is 4. The quantitative estimate of drug-likeness (QED) is 0.0655. The van der Waals surface area contributed by atoms with Crippen LogP contribution in [0.1, 0.15) is 115 Å². The molecule has 0 saturated carbocycles. The molecule has 0 spiro atoms. The molecule has 0 aromatic heterocycles. The van der Waals surface area contributed by atoms with Crippen LogP contribution >= 0.6 is 0 Å². The number of amides is 6. The number of halogens is 2. The van der Waals surface area contributed by atoms with Gasteiger partial charge in [0.25, 0.3) is 5.91 Å². The minimum Gasteiger partial charge on any atom is -0.459 e. The van der Waals surface area contributed by atoms with Gasteiger partial charge >= 0.3 is 24.1 Å². The maximum atomic E-state index is 15.6. The van der Waals surface area contributed by atoms with Gasteiger partial charge in [-0.3, -0.25) is 43.5 Å². The molecule has 7 saturated heterocycles. The average Bonchev–Trinajstić information content (AvgIpc) is 1.28. The summed E-state index contributed by atoms with van der Waals surface area (Å²) < 4.78 is 84.4. The number of aliphatic hydroxyl groups excluding tert-OH is 4. The van der Waals surface area contributed by atoms with Crippen LogP contribution in [-0.2, 0) is 71.4 Å². The summed E-state index contributed by atoms with van der Waals surface area (Å²) in [6.07, 6.45) is -12.8. The van der Waals surface area contributed by atoms with Crippen molar-refractivity contribution in [3.05, 3.63) is 48.0 Å². The second-order valence-corrected chi connectivity index (χ2v) is 31.4. The number of carbonyl (C=O) groups excluding carboxylic acids is 8. The monoisotopic (exact) mass is 1580 g/mol. The number of hydrogen-bond acceptors (Lipinski definition) is 27. The van der Waals surface area contributed by atoms with Gasteiger partial charge in [0.1, 0.15) is 54.4 Å². The molecule has 2 aromatic carbocycles. The first kappa shape index (κ1) is 89.3. The van der Waals surface area contributed by atoms with E-state index in [0.717, 1.165) is 0 Å². The SMILES string of the molecule is CC(=O)NC[C@H]1CN(c2ccc(N3CCN(C(=O)CO)CC3)c(F)c2)C(=O)O1.CC[C@H]1OC(=O)[C@H](C)[C@@H](O[C@H]2C[C@@](C)(OC)[C@@H](O)[C@H](C)O2)[C@H](C)[C@@H](O[C@@H]2O[C@H](C)C[C@H](N(C)C)[C@H]2O)[C@](C)(O)C[C@@H](C)N(CCC(=O)OCC(=O)N2CCN(c3ccc(N4C[C@H](CNC(C)=O)OC4=O)cc3F)CC2)C[C@H](C)[C@@H](O)[C@]1(C)O.